The highest BCUT2D eigenvalue weighted by atomic mass is 35.5. The number of nitrogens with one attached hydrogen (secondary N) is 2. The third-order valence-corrected chi connectivity index (χ3v) is 5.09. The second-order valence-corrected chi connectivity index (χ2v) is 7.29. The van der Waals surface area contributed by atoms with E-state index in [1.165, 1.54) is 14.2 Å². The van der Waals surface area contributed by atoms with Gasteiger partial charge in [-0.15, -0.1) is 0 Å². The molecule has 9 heteroatoms. The molecule has 2 N–H and O–H groups in total. The van der Waals surface area contributed by atoms with Crippen molar-refractivity contribution in [2.75, 3.05) is 19.5 Å². The van der Waals surface area contributed by atoms with Crippen molar-refractivity contribution in [2.24, 2.45) is 0 Å². The van der Waals surface area contributed by atoms with Gasteiger partial charge in [-0.1, -0.05) is 29.3 Å². The van der Waals surface area contributed by atoms with Crippen LogP contribution in [0.1, 0.15) is 0 Å². The van der Waals surface area contributed by atoms with Crippen molar-refractivity contribution >= 4 is 46.0 Å². The number of aromatic nitrogens is 2. The van der Waals surface area contributed by atoms with Gasteiger partial charge in [0, 0.05) is 24.3 Å². The summed E-state index contributed by atoms with van der Waals surface area (Å²) in [6.07, 6.45) is -0.663. The molecule has 0 spiro atoms. The number of hydrogen-bond acceptors (Lipinski definition) is 5. The van der Waals surface area contributed by atoms with Crippen LogP contribution < -0.4 is 19.5 Å². The number of H-pyrrole nitrogens is 1. The van der Waals surface area contributed by atoms with Gasteiger partial charge in [-0.3, -0.25) is 5.32 Å². The Morgan fingerprint density at radius 2 is 1.61 bits per heavy atom. The molecule has 31 heavy (non-hydrogen) atoms. The highest BCUT2D eigenvalue weighted by Gasteiger charge is 2.14. The van der Waals surface area contributed by atoms with E-state index in [-0.39, 0.29) is 0 Å². The van der Waals surface area contributed by atoms with Crippen molar-refractivity contribution < 1.29 is 19.0 Å². The van der Waals surface area contributed by atoms with Crippen LogP contribution in [-0.4, -0.2) is 30.3 Å². The molecule has 0 unspecified atom stereocenters. The van der Waals surface area contributed by atoms with E-state index in [1.54, 1.807) is 54.6 Å². The van der Waals surface area contributed by atoms with Crippen molar-refractivity contribution in [3.63, 3.8) is 0 Å². The molecule has 4 aromatic rings. The monoisotopic (exact) mass is 457 g/mol. The number of halogens is 2. The van der Waals surface area contributed by atoms with Gasteiger partial charge in [0.1, 0.15) is 23.1 Å². The lowest BCUT2D eigenvalue weighted by Crippen LogP contribution is -2.16. The summed E-state index contributed by atoms with van der Waals surface area (Å²) in [5.41, 5.74) is 2.42. The van der Waals surface area contributed by atoms with E-state index in [4.69, 9.17) is 37.4 Å². The van der Waals surface area contributed by atoms with Crippen LogP contribution in [0.5, 0.6) is 17.2 Å². The number of anilines is 1. The molecule has 3 aromatic carbocycles. The van der Waals surface area contributed by atoms with E-state index in [1.807, 2.05) is 0 Å². The predicted octanol–water partition coefficient (Wildman–Crippen LogP) is 6.16. The molecule has 1 aromatic heterocycles. The van der Waals surface area contributed by atoms with Gasteiger partial charge in [0.2, 0.25) is 0 Å². The first-order valence-corrected chi connectivity index (χ1v) is 9.88. The molecule has 0 fully saturated rings. The predicted molar refractivity (Wildman–Crippen MR) is 121 cm³/mol. The minimum absolute atomic E-state index is 0.334. The summed E-state index contributed by atoms with van der Waals surface area (Å²) >= 11 is 12.5. The van der Waals surface area contributed by atoms with Gasteiger partial charge in [0.25, 0.3) is 0 Å². The molecule has 0 aliphatic carbocycles. The van der Waals surface area contributed by atoms with E-state index in [2.05, 4.69) is 15.3 Å². The van der Waals surface area contributed by atoms with Gasteiger partial charge < -0.3 is 19.2 Å². The number of ether oxygens (including phenoxy) is 3. The number of methoxy groups -OCH3 is 2. The van der Waals surface area contributed by atoms with Crippen molar-refractivity contribution in [1.82, 2.24) is 9.97 Å². The van der Waals surface area contributed by atoms with Gasteiger partial charge in [0.15, 0.2) is 0 Å². The Labute approximate surface area is 187 Å². The van der Waals surface area contributed by atoms with Crippen LogP contribution in [-0.2, 0) is 0 Å². The minimum Gasteiger partial charge on any atom is -0.497 e. The Hall–Kier alpha value is -3.42. The molecule has 7 nitrogen and oxygen atoms in total. The zero-order valence-corrected chi connectivity index (χ0v) is 18.0. The van der Waals surface area contributed by atoms with E-state index >= 15 is 0 Å². The maximum atomic E-state index is 12.4. The lowest BCUT2D eigenvalue weighted by Gasteiger charge is -2.10. The lowest BCUT2D eigenvalue weighted by atomic mass is 10.2. The second-order valence-electron chi connectivity index (χ2n) is 6.48. The van der Waals surface area contributed by atoms with Crippen molar-refractivity contribution in [1.29, 1.82) is 0 Å². The van der Waals surface area contributed by atoms with Gasteiger partial charge in [-0.25, -0.2) is 9.78 Å². The van der Waals surface area contributed by atoms with Gasteiger partial charge >= 0.3 is 6.09 Å². The topological polar surface area (TPSA) is 85.5 Å². The molecule has 0 saturated heterocycles. The average molecular weight is 458 g/mol. The van der Waals surface area contributed by atoms with E-state index < -0.39 is 6.09 Å². The summed E-state index contributed by atoms with van der Waals surface area (Å²) < 4.78 is 15.8. The van der Waals surface area contributed by atoms with Crippen LogP contribution in [0, 0.1) is 0 Å². The molecule has 1 amide bonds. The van der Waals surface area contributed by atoms with Crippen LogP contribution in [0.3, 0.4) is 0 Å². The Balaban J connectivity index is 1.55. The first-order valence-electron chi connectivity index (χ1n) is 9.13. The van der Waals surface area contributed by atoms with Gasteiger partial charge in [-0.05, 0) is 24.3 Å². The Morgan fingerprint density at radius 3 is 2.26 bits per heavy atom. The first-order chi connectivity index (χ1) is 15.0. The SMILES string of the molecule is COc1cc(NC(=O)Oc2ccc3nc(-c4c(Cl)cccc4Cl)[nH]c3c2)cc(OC)c1. The van der Waals surface area contributed by atoms with E-state index in [9.17, 15) is 4.79 Å². The quantitative estimate of drug-likeness (QED) is 0.374. The number of nitrogens with zero attached hydrogens (tertiary/aromatic N) is 1. The zero-order chi connectivity index (χ0) is 22.0. The number of carbonyl (C=O) groups excluding carboxylic acids is 1. The highest BCUT2D eigenvalue weighted by molar-refractivity contribution is 6.39. The molecule has 0 bridgehead atoms. The second kappa shape index (κ2) is 8.75. The maximum absolute atomic E-state index is 12.4. The molecule has 4 rings (SSSR count). The molecule has 0 radical (unpaired) electrons. The fraction of sp³-hybridized carbons (Fsp3) is 0.0909. The van der Waals surface area contributed by atoms with Crippen molar-refractivity contribution in [3.05, 3.63) is 64.6 Å². The fourth-order valence-electron chi connectivity index (χ4n) is 3.02. The fourth-order valence-corrected chi connectivity index (χ4v) is 3.60. The molecular weight excluding hydrogens is 441 g/mol. The number of aromatic amines is 1. The normalized spacial score (nSPS) is 10.7. The number of carbonyl (C=O) groups is 1. The number of imidazole rings is 1. The number of benzene rings is 3. The average Bonchev–Trinajstić information content (AvgIpc) is 3.15. The summed E-state index contributed by atoms with van der Waals surface area (Å²) in [5, 5.41) is 3.62. The standard InChI is InChI=1S/C22H17Cl2N3O4/c1-29-14-8-12(9-15(10-14)30-2)25-22(28)31-13-6-7-18-19(11-13)27-21(26-18)20-16(23)4-3-5-17(20)24/h3-11H,1-2H3,(H,25,28)(H,26,27). The van der Waals surface area contributed by atoms with E-state index in [0.29, 0.717) is 55.4 Å². The van der Waals surface area contributed by atoms with Gasteiger partial charge in [0.05, 0.1) is 46.5 Å². The van der Waals surface area contributed by atoms with Crippen LogP contribution in [0.2, 0.25) is 10.0 Å². The summed E-state index contributed by atoms with van der Waals surface area (Å²) in [5.74, 6) is 1.94. The molecule has 0 atom stereocenters. The minimum atomic E-state index is -0.663. The summed E-state index contributed by atoms with van der Waals surface area (Å²) in [6, 6.07) is 15.3. The smallest absolute Gasteiger partial charge is 0.417 e. The Kier molecular flexibility index (Phi) is 5.88. The summed E-state index contributed by atoms with van der Waals surface area (Å²) in [6.45, 7) is 0. The van der Waals surface area contributed by atoms with Crippen LogP contribution in [0.25, 0.3) is 22.4 Å². The Morgan fingerprint density at radius 1 is 0.935 bits per heavy atom. The van der Waals surface area contributed by atoms with Crippen LogP contribution in [0.15, 0.2) is 54.6 Å². The van der Waals surface area contributed by atoms with Crippen LogP contribution >= 0.6 is 23.2 Å². The molecule has 158 valence electrons. The highest BCUT2D eigenvalue weighted by Crippen LogP contribution is 2.34. The number of fused-ring (bicyclic) bond motifs is 1. The Bertz CT molecular complexity index is 1230. The molecular formula is C22H17Cl2N3O4. The molecule has 1 heterocycles. The van der Waals surface area contributed by atoms with Crippen molar-refractivity contribution in [2.45, 2.75) is 0 Å². The molecule has 0 aliphatic rings. The zero-order valence-electron chi connectivity index (χ0n) is 16.5. The van der Waals surface area contributed by atoms with Gasteiger partial charge in [-0.2, -0.15) is 0 Å². The number of hydrogen-bond donors (Lipinski definition) is 2. The maximum Gasteiger partial charge on any atom is 0.417 e. The van der Waals surface area contributed by atoms with E-state index in [0.717, 1.165) is 0 Å². The first kappa shape index (κ1) is 20.8. The lowest BCUT2D eigenvalue weighted by molar-refractivity contribution is 0.215. The number of rotatable bonds is 5. The summed E-state index contributed by atoms with van der Waals surface area (Å²) in [4.78, 5) is 20.0. The summed E-state index contributed by atoms with van der Waals surface area (Å²) in [7, 11) is 3.06. The molecule has 0 aliphatic heterocycles. The largest absolute Gasteiger partial charge is 0.497 e. The van der Waals surface area contributed by atoms with Crippen LogP contribution in [0.4, 0.5) is 10.5 Å². The molecule has 0 saturated carbocycles. The third-order valence-electron chi connectivity index (χ3n) is 4.46. The number of amides is 1. The van der Waals surface area contributed by atoms with Crippen molar-refractivity contribution in [3.8, 4) is 28.6 Å². The third kappa shape index (κ3) is 4.52.